The van der Waals surface area contributed by atoms with Gasteiger partial charge in [0, 0.05) is 87.1 Å². The van der Waals surface area contributed by atoms with Gasteiger partial charge < -0.3 is 17.9 Å². The molecule has 0 aliphatic rings. The zero-order chi connectivity index (χ0) is 50.5. The summed E-state index contributed by atoms with van der Waals surface area (Å²) < 4.78 is 10.1. The second-order valence-corrected chi connectivity index (χ2v) is 21.5. The van der Waals surface area contributed by atoms with Gasteiger partial charge in [0.2, 0.25) is 0 Å². The van der Waals surface area contributed by atoms with Crippen LogP contribution in [0, 0.1) is 0 Å². The molecule has 0 amide bonds. The maximum absolute atomic E-state index is 2.65. The zero-order valence-corrected chi connectivity index (χ0v) is 42.0. The van der Waals surface area contributed by atoms with E-state index in [0.29, 0.717) is 0 Å². The molecule has 0 radical (unpaired) electrons. The molecule has 13 aromatic carbocycles. The molecule has 4 heteroatoms. The predicted molar refractivity (Wildman–Crippen MR) is 330 cm³/mol. The summed E-state index contributed by atoms with van der Waals surface area (Å²) in [5, 5.41) is 20.3. The summed E-state index contributed by atoms with van der Waals surface area (Å²) in [6, 6.07) is 95.4. The van der Waals surface area contributed by atoms with Gasteiger partial charge in [0.15, 0.2) is 0 Å². The van der Waals surface area contributed by atoms with E-state index in [9.17, 15) is 0 Å². The van der Waals surface area contributed by atoms with Gasteiger partial charge in [-0.3, -0.25) is 0 Å². The van der Waals surface area contributed by atoms with Gasteiger partial charge in [0.05, 0.1) is 55.2 Å². The molecule has 0 saturated carbocycles. The molecular formula is C74H42N4. The van der Waals surface area contributed by atoms with Crippen LogP contribution in [-0.4, -0.2) is 17.9 Å². The summed E-state index contributed by atoms with van der Waals surface area (Å²) in [5.41, 5.74) is 19.6. The van der Waals surface area contributed by atoms with Crippen molar-refractivity contribution >= 4 is 141 Å². The average molecular weight is 987 g/mol. The third-order valence-corrected chi connectivity index (χ3v) is 17.7. The number of para-hydroxylation sites is 6. The molecule has 0 aliphatic carbocycles. The van der Waals surface area contributed by atoms with Gasteiger partial charge in [-0.15, -0.1) is 0 Å². The maximum atomic E-state index is 2.65. The van der Waals surface area contributed by atoms with Gasteiger partial charge in [-0.1, -0.05) is 170 Å². The van der Waals surface area contributed by atoms with Crippen LogP contribution < -0.4 is 0 Å². The molecule has 78 heavy (non-hydrogen) atoms. The van der Waals surface area contributed by atoms with Gasteiger partial charge in [-0.25, -0.2) is 0 Å². The Labute approximate surface area is 445 Å². The van der Waals surface area contributed by atoms with Gasteiger partial charge in [0.25, 0.3) is 0 Å². The summed E-state index contributed by atoms with van der Waals surface area (Å²) in [5.74, 6) is 0. The molecule has 6 heterocycles. The Hall–Kier alpha value is -10.4. The van der Waals surface area contributed by atoms with Crippen LogP contribution in [0.25, 0.3) is 175 Å². The van der Waals surface area contributed by atoms with Crippen LogP contribution in [0.1, 0.15) is 0 Å². The highest BCUT2D eigenvalue weighted by molar-refractivity contribution is 6.40. The van der Waals surface area contributed by atoms with E-state index in [1.165, 1.54) is 169 Å². The lowest BCUT2D eigenvalue weighted by molar-refractivity contribution is 1.18. The molecule has 6 aromatic heterocycles. The Kier molecular flexibility index (Phi) is 7.71. The molecule has 0 saturated heterocycles. The molecule has 358 valence electrons. The topological polar surface area (TPSA) is 18.7 Å². The van der Waals surface area contributed by atoms with Crippen LogP contribution in [0.5, 0.6) is 0 Å². The first-order valence-electron chi connectivity index (χ1n) is 27.1. The van der Waals surface area contributed by atoms with Crippen molar-refractivity contribution in [1.29, 1.82) is 0 Å². The van der Waals surface area contributed by atoms with Crippen LogP contribution in [0.4, 0.5) is 0 Å². The van der Waals surface area contributed by atoms with E-state index in [-0.39, 0.29) is 0 Å². The fourth-order valence-electron chi connectivity index (χ4n) is 14.7. The zero-order valence-electron chi connectivity index (χ0n) is 42.0. The first kappa shape index (κ1) is 40.9. The SMILES string of the molecule is c1ccc(-n2c3ccccc3c3cc(-c4cccc5c6cccc7c8c9c%10cc%11ccccc%11c%11c%12cc%13ccccc%13c(-c%13ccc%14c(c%13)c%13ccccc%13n%14-c%13ccccc%13)c%12n(c9ccc8n(c45)c67)c%10%11)ccc32)cc1. The third-order valence-electron chi connectivity index (χ3n) is 17.7. The van der Waals surface area contributed by atoms with Crippen molar-refractivity contribution in [3.63, 3.8) is 0 Å². The van der Waals surface area contributed by atoms with E-state index in [4.69, 9.17) is 0 Å². The van der Waals surface area contributed by atoms with Crippen LogP contribution in [0.15, 0.2) is 255 Å². The van der Waals surface area contributed by atoms with E-state index >= 15 is 0 Å². The predicted octanol–water partition coefficient (Wildman–Crippen LogP) is 19.8. The molecule has 19 aromatic rings. The molecule has 19 rings (SSSR count). The van der Waals surface area contributed by atoms with Gasteiger partial charge in [-0.05, 0) is 118 Å². The van der Waals surface area contributed by atoms with Gasteiger partial charge in [-0.2, -0.15) is 0 Å². The quantitative estimate of drug-likeness (QED) is 0.167. The summed E-state index contributed by atoms with van der Waals surface area (Å²) in [7, 11) is 0. The van der Waals surface area contributed by atoms with Crippen molar-refractivity contribution < 1.29 is 0 Å². The molecule has 0 fully saturated rings. The van der Waals surface area contributed by atoms with Crippen molar-refractivity contribution in [1.82, 2.24) is 17.9 Å². The van der Waals surface area contributed by atoms with E-state index in [2.05, 4.69) is 273 Å². The monoisotopic (exact) mass is 986 g/mol. The molecular weight excluding hydrogens is 945 g/mol. The highest BCUT2D eigenvalue weighted by Gasteiger charge is 2.29. The summed E-state index contributed by atoms with van der Waals surface area (Å²) in [6.07, 6.45) is 0. The summed E-state index contributed by atoms with van der Waals surface area (Å²) in [4.78, 5) is 0. The Balaban J connectivity index is 0.933. The van der Waals surface area contributed by atoms with E-state index in [0.717, 1.165) is 5.69 Å². The number of aromatic nitrogens is 4. The van der Waals surface area contributed by atoms with Crippen molar-refractivity contribution in [2.75, 3.05) is 0 Å². The fraction of sp³-hybridized carbons (Fsp3) is 0. The highest BCUT2D eigenvalue weighted by Crippen LogP contribution is 2.52. The average Bonchev–Trinajstić information content (AvgIpc) is 4.51. The minimum absolute atomic E-state index is 1.16. The van der Waals surface area contributed by atoms with Crippen LogP contribution in [-0.2, 0) is 0 Å². The molecule has 0 unspecified atom stereocenters. The van der Waals surface area contributed by atoms with Crippen molar-refractivity contribution in [2.45, 2.75) is 0 Å². The van der Waals surface area contributed by atoms with Crippen LogP contribution >= 0.6 is 0 Å². The minimum Gasteiger partial charge on any atom is -0.309 e. The van der Waals surface area contributed by atoms with Crippen molar-refractivity contribution in [3.05, 3.63) is 255 Å². The Morgan fingerprint density at radius 3 is 1.33 bits per heavy atom. The number of rotatable bonds is 4. The number of hydrogen-bond acceptors (Lipinski definition) is 0. The number of fused-ring (bicyclic) bond motifs is 22. The normalized spacial score (nSPS) is 12.6. The molecule has 0 bridgehead atoms. The highest BCUT2D eigenvalue weighted by atomic mass is 15.0. The molecule has 4 nitrogen and oxygen atoms in total. The lowest BCUT2D eigenvalue weighted by Gasteiger charge is -2.13. The van der Waals surface area contributed by atoms with Gasteiger partial charge in [0.1, 0.15) is 0 Å². The first-order chi connectivity index (χ1) is 38.7. The third kappa shape index (κ3) is 5.06. The Bertz CT molecular complexity index is 5790. The summed E-state index contributed by atoms with van der Waals surface area (Å²) in [6.45, 7) is 0. The van der Waals surface area contributed by atoms with Crippen LogP contribution in [0.3, 0.4) is 0 Å². The lowest BCUT2D eigenvalue weighted by Crippen LogP contribution is -1.93. The van der Waals surface area contributed by atoms with Crippen molar-refractivity contribution in [2.24, 2.45) is 0 Å². The largest absolute Gasteiger partial charge is 0.309 e. The number of hydrogen-bond donors (Lipinski definition) is 0. The van der Waals surface area contributed by atoms with Gasteiger partial charge >= 0.3 is 0 Å². The smallest absolute Gasteiger partial charge is 0.0627 e. The maximum Gasteiger partial charge on any atom is 0.0627 e. The molecule has 0 aliphatic heterocycles. The van der Waals surface area contributed by atoms with E-state index in [1.54, 1.807) is 0 Å². The fourth-order valence-corrected chi connectivity index (χ4v) is 14.7. The van der Waals surface area contributed by atoms with Crippen molar-refractivity contribution in [3.8, 4) is 33.6 Å². The van der Waals surface area contributed by atoms with Crippen LogP contribution in [0.2, 0.25) is 0 Å². The standard InChI is InChI=1S/C74H42N4/c1-3-19-47(20-4-1)75-61-31-13-11-25-52(61)57-39-45(33-35-63(57)75)51-27-15-28-54-55-29-16-30-56-69-65(77(71(51)54)72(55)56)37-38-66-70(69)60-41-44-18-8-10-24-50(44)68-59-40-43-17-7-9-23-49(43)67(73(59)78(66)74(60)68)46-34-36-64-58(42-46)53-26-12-14-32-62(53)76(64)48-21-5-2-6-22-48/h1-42H. The minimum atomic E-state index is 1.16. The lowest BCUT2D eigenvalue weighted by atomic mass is 9.92. The van der Waals surface area contributed by atoms with E-state index < -0.39 is 0 Å². The second kappa shape index (κ2) is 14.7. The molecule has 0 spiro atoms. The molecule has 0 N–H and O–H groups in total. The second-order valence-electron chi connectivity index (χ2n) is 21.5. The first-order valence-corrected chi connectivity index (χ1v) is 27.1. The summed E-state index contributed by atoms with van der Waals surface area (Å²) >= 11 is 0. The van der Waals surface area contributed by atoms with E-state index in [1.807, 2.05) is 0 Å². The number of benzene rings is 13. The Morgan fingerprint density at radius 2 is 0.667 bits per heavy atom. The Morgan fingerprint density at radius 1 is 0.218 bits per heavy atom. The molecule has 0 atom stereocenters. The number of nitrogens with zero attached hydrogens (tertiary/aromatic N) is 4.